The average molecular weight is 489 g/mol. The lowest BCUT2D eigenvalue weighted by Gasteiger charge is -2.30. The fourth-order valence-corrected chi connectivity index (χ4v) is 6.33. The van der Waals surface area contributed by atoms with Gasteiger partial charge in [-0.05, 0) is 49.1 Å². The van der Waals surface area contributed by atoms with Crippen LogP contribution >= 0.6 is 0 Å². The fourth-order valence-electron chi connectivity index (χ4n) is 4.74. The minimum Gasteiger partial charge on any atom is -0.321 e. The van der Waals surface area contributed by atoms with Gasteiger partial charge in [0.05, 0.1) is 16.1 Å². The first-order chi connectivity index (χ1) is 16.8. The average Bonchev–Trinajstić information content (AvgIpc) is 2.87. The topological polar surface area (TPSA) is 101 Å². The van der Waals surface area contributed by atoms with Crippen LogP contribution in [-0.4, -0.2) is 43.3 Å². The molecular weight excluding hydrogens is 464 g/mol. The summed E-state index contributed by atoms with van der Waals surface area (Å²) in [5.74, 6) is -0.800. The quantitative estimate of drug-likeness (QED) is 0.465. The highest BCUT2D eigenvalue weighted by molar-refractivity contribution is 7.89. The van der Waals surface area contributed by atoms with E-state index in [0.29, 0.717) is 30.1 Å². The molecule has 1 saturated heterocycles. The molecule has 1 fully saturated rings. The standard InChI is InChI=1S/C27H24N2O5S/c1-17-6-5-15-29(16-17)35(33,34)19-13-11-18(12-14-19)27(32)28-23-10-4-9-22-24(23)26(31)21-8-3-2-7-20(21)25(22)30/h2-4,7-14,17H,5-6,15-16H2,1H3,(H,28,32). The van der Waals surface area contributed by atoms with Crippen molar-refractivity contribution >= 4 is 33.2 Å². The highest BCUT2D eigenvalue weighted by atomic mass is 32.2. The molecule has 0 spiro atoms. The zero-order valence-corrected chi connectivity index (χ0v) is 20.0. The maximum absolute atomic E-state index is 13.1. The van der Waals surface area contributed by atoms with E-state index in [1.54, 1.807) is 42.5 Å². The van der Waals surface area contributed by atoms with E-state index in [1.807, 2.05) is 6.92 Å². The van der Waals surface area contributed by atoms with Gasteiger partial charge in [-0.25, -0.2) is 8.42 Å². The van der Waals surface area contributed by atoms with Gasteiger partial charge in [0.15, 0.2) is 11.6 Å². The van der Waals surface area contributed by atoms with Crippen LogP contribution in [0.2, 0.25) is 0 Å². The highest BCUT2D eigenvalue weighted by Crippen LogP contribution is 2.32. The number of hydrogen-bond donors (Lipinski definition) is 1. The molecule has 178 valence electrons. The van der Waals surface area contributed by atoms with Crippen LogP contribution in [0, 0.1) is 5.92 Å². The molecule has 1 amide bonds. The van der Waals surface area contributed by atoms with Crippen LogP contribution in [0.4, 0.5) is 5.69 Å². The number of carbonyl (C=O) groups excluding carboxylic acids is 3. The number of nitrogens with one attached hydrogen (secondary N) is 1. The molecule has 1 N–H and O–H groups in total. The van der Waals surface area contributed by atoms with E-state index in [0.717, 1.165) is 12.8 Å². The third kappa shape index (κ3) is 4.09. The Hall–Kier alpha value is -3.62. The van der Waals surface area contributed by atoms with E-state index in [9.17, 15) is 22.8 Å². The maximum atomic E-state index is 13.1. The van der Waals surface area contributed by atoms with Gasteiger partial charge in [0, 0.05) is 35.3 Å². The molecule has 5 rings (SSSR count). The molecule has 35 heavy (non-hydrogen) atoms. The second kappa shape index (κ2) is 8.87. The Bertz CT molecular complexity index is 1460. The largest absolute Gasteiger partial charge is 0.321 e. The van der Waals surface area contributed by atoms with Crippen LogP contribution in [0.15, 0.2) is 71.6 Å². The van der Waals surface area contributed by atoms with E-state index < -0.39 is 15.9 Å². The summed E-state index contributed by atoms with van der Waals surface area (Å²) < 4.78 is 27.5. The highest BCUT2D eigenvalue weighted by Gasteiger charge is 2.32. The number of piperidine rings is 1. The molecule has 0 bridgehead atoms. The summed E-state index contributed by atoms with van der Waals surface area (Å²) >= 11 is 0. The molecule has 0 radical (unpaired) electrons. The summed E-state index contributed by atoms with van der Waals surface area (Å²) in [5.41, 5.74) is 1.51. The lowest BCUT2D eigenvalue weighted by atomic mass is 9.83. The Balaban J connectivity index is 1.40. The van der Waals surface area contributed by atoms with Gasteiger partial charge in [-0.2, -0.15) is 4.31 Å². The van der Waals surface area contributed by atoms with E-state index in [-0.39, 0.29) is 38.8 Å². The molecular formula is C27H24N2O5S. The van der Waals surface area contributed by atoms with E-state index in [4.69, 9.17) is 0 Å². The van der Waals surface area contributed by atoms with Gasteiger partial charge in [-0.3, -0.25) is 14.4 Å². The molecule has 1 atom stereocenters. The number of amides is 1. The van der Waals surface area contributed by atoms with Crippen molar-refractivity contribution in [1.82, 2.24) is 4.31 Å². The molecule has 0 saturated carbocycles. The Labute approximate surface area is 203 Å². The van der Waals surface area contributed by atoms with Crippen molar-refractivity contribution in [3.8, 4) is 0 Å². The fraction of sp³-hybridized carbons (Fsp3) is 0.222. The number of anilines is 1. The molecule has 0 aromatic heterocycles. The van der Waals surface area contributed by atoms with Gasteiger partial charge in [0.25, 0.3) is 5.91 Å². The van der Waals surface area contributed by atoms with Crippen molar-refractivity contribution in [2.75, 3.05) is 18.4 Å². The normalized spacial score (nSPS) is 18.0. The number of rotatable bonds is 4. The van der Waals surface area contributed by atoms with Crippen LogP contribution in [0.5, 0.6) is 0 Å². The van der Waals surface area contributed by atoms with E-state index in [1.165, 1.54) is 28.6 Å². The molecule has 1 aliphatic carbocycles. The van der Waals surface area contributed by atoms with Crippen LogP contribution in [0.25, 0.3) is 0 Å². The number of nitrogens with zero attached hydrogens (tertiary/aromatic N) is 1. The van der Waals surface area contributed by atoms with Gasteiger partial charge in [0.1, 0.15) is 0 Å². The third-order valence-electron chi connectivity index (χ3n) is 6.57. The predicted octanol–water partition coefficient (Wildman–Crippen LogP) is 4.13. The summed E-state index contributed by atoms with van der Waals surface area (Å²) in [6.07, 6.45) is 1.84. The Morgan fingerprint density at radius 2 is 1.54 bits per heavy atom. The van der Waals surface area contributed by atoms with Crippen LogP contribution < -0.4 is 5.32 Å². The zero-order valence-electron chi connectivity index (χ0n) is 19.2. The monoisotopic (exact) mass is 488 g/mol. The Kier molecular flexibility index (Phi) is 5.86. The summed E-state index contributed by atoms with van der Waals surface area (Å²) in [7, 11) is -3.63. The Morgan fingerprint density at radius 1 is 0.886 bits per heavy atom. The number of ketones is 2. The molecule has 7 nitrogen and oxygen atoms in total. The van der Waals surface area contributed by atoms with E-state index in [2.05, 4.69) is 5.32 Å². The number of fused-ring (bicyclic) bond motifs is 2. The van der Waals surface area contributed by atoms with Crippen LogP contribution in [0.3, 0.4) is 0 Å². The van der Waals surface area contributed by atoms with Gasteiger partial charge < -0.3 is 5.32 Å². The SMILES string of the molecule is CC1CCCN(S(=O)(=O)c2ccc(C(=O)Nc3cccc4c3C(=O)c3ccccc3C4=O)cc2)C1. The van der Waals surface area contributed by atoms with Crippen LogP contribution in [0.1, 0.15) is 62.0 Å². The van der Waals surface area contributed by atoms with E-state index >= 15 is 0 Å². The first-order valence-corrected chi connectivity index (χ1v) is 12.9. The van der Waals surface area contributed by atoms with Crippen molar-refractivity contribution in [2.24, 2.45) is 5.92 Å². The van der Waals surface area contributed by atoms with Gasteiger partial charge >= 0.3 is 0 Å². The minimum atomic E-state index is -3.63. The molecule has 8 heteroatoms. The maximum Gasteiger partial charge on any atom is 0.255 e. The molecule has 1 unspecified atom stereocenters. The zero-order chi connectivity index (χ0) is 24.7. The summed E-state index contributed by atoms with van der Waals surface area (Å²) in [4.78, 5) is 39.2. The molecule has 1 heterocycles. The number of hydrogen-bond acceptors (Lipinski definition) is 5. The number of benzene rings is 3. The van der Waals surface area contributed by atoms with Gasteiger partial charge in [-0.1, -0.05) is 43.3 Å². The van der Waals surface area contributed by atoms with Crippen molar-refractivity contribution < 1.29 is 22.8 Å². The van der Waals surface area contributed by atoms with Crippen LogP contribution in [-0.2, 0) is 10.0 Å². The summed E-state index contributed by atoms with van der Waals surface area (Å²) in [6.45, 7) is 3.01. The van der Waals surface area contributed by atoms with Crippen molar-refractivity contribution in [3.63, 3.8) is 0 Å². The first kappa shape index (κ1) is 23.1. The molecule has 1 aliphatic heterocycles. The second-order valence-corrected chi connectivity index (χ2v) is 11.0. The minimum absolute atomic E-state index is 0.137. The molecule has 3 aromatic rings. The van der Waals surface area contributed by atoms with Crippen molar-refractivity contribution in [1.29, 1.82) is 0 Å². The predicted molar refractivity (Wildman–Crippen MR) is 131 cm³/mol. The van der Waals surface area contributed by atoms with Crippen molar-refractivity contribution in [3.05, 3.63) is 94.5 Å². The summed E-state index contributed by atoms with van der Waals surface area (Å²) in [5, 5.41) is 2.72. The number of sulfonamides is 1. The molecule has 3 aromatic carbocycles. The molecule has 2 aliphatic rings. The summed E-state index contributed by atoms with van der Waals surface area (Å²) in [6, 6.07) is 17.1. The van der Waals surface area contributed by atoms with Gasteiger partial charge in [-0.15, -0.1) is 0 Å². The lowest BCUT2D eigenvalue weighted by Crippen LogP contribution is -2.39. The third-order valence-corrected chi connectivity index (χ3v) is 8.45. The first-order valence-electron chi connectivity index (χ1n) is 11.5. The number of carbonyl (C=O) groups is 3. The Morgan fingerprint density at radius 3 is 2.23 bits per heavy atom. The smallest absolute Gasteiger partial charge is 0.255 e. The second-order valence-electron chi connectivity index (χ2n) is 9.02. The lowest BCUT2D eigenvalue weighted by molar-refractivity contribution is 0.0978. The van der Waals surface area contributed by atoms with Crippen molar-refractivity contribution in [2.45, 2.75) is 24.7 Å². The van der Waals surface area contributed by atoms with Gasteiger partial charge in [0.2, 0.25) is 10.0 Å².